The van der Waals surface area contributed by atoms with E-state index in [0.29, 0.717) is 25.6 Å². The highest BCUT2D eigenvalue weighted by Crippen LogP contribution is 2.36. The van der Waals surface area contributed by atoms with E-state index >= 15 is 0 Å². The minimum Gasteiger partial charge on any atom is -0.481 e. The lowest BCUT2D eigenvalue weighted by Crippen LogP contribution is -2.27. The van der Waals surface area contributed by atoms with Crippen LogP contribution >= 0.6 is 50.9 Å². The summed E-state index contributed by atoms with van der Waals surface area (Å²) in [5.74, 6) is -1.30. The number of nitrogens with zero attached hydrogens (tertiary/aromatic N) is 1. The fourth-order valence-corrected chi connectivity index (χ4v) is 4.03. The Bertz CT molecular complexity index is 1040. The third kappa shape index (κ3) is 5.33. The molecular weight excluding hydrogens is 505 g/mol. The summed E-state index contributed by atoms with van der Waals surface area (Å²) in [5.41, 5.74) is 1.14. The number of amides is 2. The Hall–Kier alpha value is -2.00. The third-order valence-electron chi connectivity index (χ3n) is 3.81. The van der Waals surface area contributed by atoms with Gasteiger partial charge in [0.05, 0.1) is 21.5 Å². The van der Waals surface area contributed by atoms with Gasteiger partial charge in [0.2, 0.25) is 0 Å². The van der Waals surface area contributed by atoms with Crippen LogP contribution in [0.3, 0.4) is 0 Å². The highest BCUT2D eigenvalue weighted by atomic mass is 79.9. The number of carboxylic acids is 1. The van der Waals surface area contributed by atoms with Gasteiger partial charge in [0.1, 0.15) is 5.75 Å². The van der Waals surface area contributed by atoms with Crippen LogP contribution in [-0.4, -0.2) is 33.7 Å². The average Bonchev–Trinajstić information content (AvgIpc) is 2.91. The van der Waals surface area contributed by atoms with E-state index in [2.05, 4.69) is 15.9 Å². The molecule has 0 radical (unpaired) electrons. The summed E-state index contributed by atoms with van der Waals surface area (Å²) in [4.78, 5) is 37.2. The topological polar surface area (TPSA) is 83.9 Å². The monoisotopic (exact) mass is 515 g/mol. The summed E-state index contributed by atoms with van der Waals surface area (Å²) in [6.45, 7) is -0.471. The Kier molecular flexibility index (Phi) is 6.89. The molecule has 0 unspecified atom stereocenters. The molecule has 1 fully saturated rings. The number of rotatable bonds is 6. The standard InChI is InChI=1S/C19H12BrCl2NO5S/c20-12-2-4-15(28-9-17(24)25)11(6-12)7-16-18(26)23(19(27)29-16)8-10-1-3-13(21)14(22)5-10/h1-7H,8-9H2,(H,24,25)/b16-7+. The molecule has 10 heteroatoms. The zero-order valence-corrected chi connectivity index (χ0v) is 18.4. The van der Waals surface area contributed by atoms with E-state index in [1.54, 1.807) is 36.4 Å². The number of hydrogen-bond acceptors (Lipinski definition) is 5. The fraction of sp³-hybridized carbons (Fsp3) is 0.105. The summed E-state index contributed by atoms with van der Waals surface area (Å²) in [6, 6.07) is 9.82. The average molecular weight is 517 g/mol. The number of hydrogen-bond donors (Lipinski definition) is 1. The number of benzene rings is 2. The molecule has 29 heavy (non-hydrogen) atoms. The van der Waals surface area contributed by atoms with E-state index < -0.39 is 23.7 Å². The number of thioether (sulfide) groups is 1. The molecule has 0 bridgehead atoms. The second-order valence-electron chi connectivity index (χ2n) is 5.88. The zero-order valence-electron chi connectivity index (χ0n) is 14.5. The molecule has 0 atom stereocenters. The molecule has 3 rings (SSSR count). The summed E-state index contributed by atoms with van der Waals surface area (Å²) >= 11 is 16.0. The third-order valence-corrected chi connectivity index (χ3v) is 5.95. The number of carbonyl (C=O) groups excluding carboxylic acids is 2. The highest BCUT2D eigenvalue weighted by molar-refractivity contribution is 9.10. The Morgan fingerprint density at radius 3 is 2.62 bits per heavy atom. The van der Waals surface area contributed by atoms with Crippen LogP contribution in [0.15, 0.2) is 45.8 Å². The molecule has 1 aliphatic rings. The van der Waals surface area contributed by atoms with Gasteiger partial charge < -0.3 is 9.84 Å². The van der Waals surface area contributed by atoms with Gasteiger partial charge in [-0.15, -0.1) is 0 Å². The molecule has 2 amide bonds. The van der Waals surface area contributed by atoms with Crippen molar-refractivity contribution >= 4 is 74.1 Å². The molecule has 2 aromatic rings. The van der Waals surface area contributed by atoms with Crippen LogP contribution in [0, 0.1) is 0 Å². The maximum Gasteiger partial charge on any atom is 0.341 e. The van der Waals surface area contributed by atoms with E-state index in [9.17, 15) is 14.4 Å². The van der Waals surface area contributed by atoms with E-state index in [0.717, 1.165) is 16.7 Å². The van der Waals surface area contributed by atoms with Crippen LogP contribution in [-0.2, 0) is 16.1 Å². The fourth-order valence-electron chi connectivity index (χ4n) is 2.50. The van der Waals surface area contributed by atoms with Crippen LogP contribution in [0.4, 0.5) is 4.79 Å². The van der Waals surface area contributed by atoms with Crippen LogP contribution in [0.1, 0.15) is 11.1 Å². The summed E-state index contributed by atoms with van der Waals surface area (Å²) in [6.07, 6.45) is 1.50. The van der Waals surface area contributed by atoms with Crippen molar-refractivity contribution in [2.45, 2.75) is 6.54 Å². The Labute approximate surface area is 188 Å². The normalized spacial score (nSPS) is 15.3. The first-order chi connectivity index (χ1) is 13.7. The van der Waals surface area contributed by atoms with Crippen molar-refractivity contribution in [1.82, 2.24) is 4.90 Å². The van der Waals surface area contributed by atoms with Gasteiger partial charge in [0, 0.05) is 10.0 Å². The van der Waals surface area contributed by atoms with Crippen molar-refractivity contribution in [3.8, 4) is 5.75 Å². The molecule has 1 saturated heterocycles. The second kappa shape index (κ2) is 9.21. The molecule has 1 aliphatic heterocycles. The first kappa shape index (κ1) is 21.7. The summed E-state index contributed by atoms with van der Waals surface area (Å²) in [5, 5.41) is 9.11. The van der Waals surface area contributed by atoms with Crippen LogP contribution < -0.4 is 4.74 Å². The van der Waals surface area contributed by atoms with Gasteiger partial charge in [0.15, 0.2) is 6.61 Å². The largest absolute Gasteiger partial charge is 0.481 e. The molecule has 0 saturated carbocycles. The Morgan fingerprint density at radius 1 is 1.17 bits per heavy atom. The molecule has 0 aromatic heterocycles. The van der Waals surface area contributed by atoms with E-state index in [1.807, 2.05) is 0 Å². The molecule has 1 heterocycles. The van der Waals surface area contributed by atoms with Crippen LogP contribution in [0.25, 0.3) is 6.08 Å². The van der Waals surface area contributed by atoms with Crippen molar-refractivity contribution in [1.29, 1.82) is 0 Å². The SMILES string of the molecule is O=C(O)COc1ccc(Br)cc1/C=C1/SC(=O)N(Cc2ccc(Cl)c(Cl)c2)C1=O. The number of ether oxygens (including phenoxy) is 1. The molecule has 0 aliphatic carbocycles. The summed E-state index contributed by atoms with van der Waals surface area (Å²) in [7, 11) is 0. The predicted octanol–water partition coefficient (Wildman–Crippen LogP) is 5.46. The predicted molar refractivity (Wildman–Crippen MR) is 115 cm³/mol. The highest BCUT2D eigenvalue weighted by Gasteiger charge is 2.35. The van der Waals surface area contributed by atoms with Gasteiger partial charge in [-0.3, -0.25) is 14.5 Å². The molecule has 1 N–H and O–H groups in total. The number of imide groups is 1. The van der Waals surface area contributed by atoms with Crippen molar-refractivity contribution in [3.05, 3.63) is 66.9 Å². The Balaban J connectivity index is 1.85. The minimum atomic E-state index is -1.12. The number of carbonyl (C=O) groups is 3. The number of halogens is 3. The first-order valence-electron chi connectivity index (χ1n) is 8.08. The smallest absolute Gasteiger partial charge is 0.341 e. The Morgan fingerprint density at radius 2 is 1.93 bits per heavy atom. The van der Waals surface area contributed by atoms with E-state index in [-0.39, 0.29) is 17.2 Å². The zero-order chi connectivity index (χ0) is 21.1. The lowest BCUT2D eigenvalue weighted by Gasteiger charge is -2.13. The molecule has 150 valence electrons. The van der Waals surface area contributed by atoms with Crippen molar-refractivity contribution in [2.75, 3.05) is 6.61 Å². The minimum absolute atomic E-state index is 0.0553. The van der Waals surface area contributed by atoms with E-state index in [4.69, 9.17) is 33.0 Å². The first-order valence-corrected chi connectivity index (χ1v) is 10.4. The quantitative estimate of drug-likeness (QED) is 0.513. The number of aliphatic carboxylic acids is 1. The molecule has 0 spiro atoms. The van der Waals surface area contributed by atoms with E-state index in [1.165, 1.54) is 6.08 Å². The van der Waals surface area contributed by atoms with Crippen LogP contribution in [0.5, 0.6) is 5.75 Å². The number of carboxylic acid groups (broad SMARTS) is 1. The van der Waals surface area contributed by atoms with Gasteiger partial charge in [0.25, 0.3) is 11.1 Å². The molecule has 2 aromatic carbocycles. The van der Waals surface area contributed by atoms with Gasteiger partial charge in [-0.2, -0.15) is 0 Å². The van der Waals surface area contributed by atoms with Gasteiger partial charge in [-0.05, 0) is 53.7 Å². The van der Waals surface area contributed by atoms with Gasteiger partial charge >= 0.3 is 5.97 Å². The van der Waals surface area contributed by atoms with Crippen molar-refractivity contribution < 1.29 is 24.2 Å². The molecular formula is C19H12BrCl2NO5S. The van der Waals surface area contributed by atoms with Gasteiger partial charge in [-0.25, -0.2) is 4.79 Å². The van der Waals surface area contributed by atoms with Crippen LogP contribution in [0.2, 0.25) is 10.0 Å². The molecule has 6 nitrogen and oxygen atoms in total. The lowest BCUT2D eigenvalue weighted by atomic mass is 10.1. The van der Waals surface area contributed by atoms with Crippen molar-refractivity contribution in [3.63, 3.8) is 0 Å². The maximum absolute atomic E-state index is 12.7. The van der Waals surface area contributed by atoms with Crippen molar-refractivity contribution in [2.24, 2.45) is 0 Å². The van der Waals surface area contributed by atoms with Gasteiger partial charge in [-0.1, -0.05) is 45.2 Å². The lowest BCUT2D eigenvalue weighted by molar-refractivity contribution is -0.139. The maximum atomic E-state index is 12.7. The summed E-state index contributed by atoms with van der Waals surface area (Å²) < 4.78 is 5.97. The second-order valence-corrected chi connectivity index (χ2v) is 8.60.